The minimum Gasteiger partial charge on any atom is -0.382 e. The quantitative estimate of drug-likeness (QED) is 0.682. The van der Waals surface area contributed by atoms with Gasteiger partial charge in [-0.05, 0) is 25.2 Å². The highest BCUT2D eigenvalue weighted by Crippen LogP contribution is 2.25. The second-order valence-corrected chi connectivity index (χ2v) is 8.16. The number of fused-ring (bicyclic) bond motifs is 2. The van der Waals surface area contributed by atoms with E-state index in [1.807, 2.05) is 12.1 Å². The first-order chi connectivity index (χ1) is 13.0. The number of likely N-dealkylation sites (N-methyl/N-ethyl adjacent to an activating group) is 1. The summed E-state index contributed by atoms with van der Waals surface area (Å²) < 4.78 is 5.29. The molecule has 0 fully saturated rings. The van der Waals surface area contributed by atoms with Gasteiger partial charge < -0.3 is 19.9 Å². The number of rotatable bonds is 5. The van der Waals surface area contributed by atoms with Gasteiger partial charge in [-0.25, -0.2) is 9.97 Å². The van der Waals surface area contributed by atoms with E-state index in [0.29, 0.717) is 22.5 Å². The third-order valence-corrected chi connectivity index (χ3v) is 5.86. The number of aromatic amines is 1. The van der Waals surface area contributed by atoms with E-state index in [9.17, 15) is 4.79 Å². The van der Waals surface area contributed by atoms with Crippen molar-refractivity contribution in [2.45, 2.75) is 19.0 Å². The number of amides is 1. The van der Waals surface area contributed by atoms with Gasteiger partial charge in [-0.1, -0.05) is 11.6 Å². The van der Waals surface area contributed by atoms with Crippen LogP contribution in [0, 0.1) is 0 Å². The maximum absolute atomic E-state index is 12.8. The summed E-state index contributed by atoms with van der Waals surface area (Å²) in [5.41, 5.74) is 2.64. The number of aromatic nitrogens is 3. The van der Waals surface area contributed by atoms with Gasteiger partial charge in [0.1, 0.15) is 11.9 Å². The minimum atomic E-state index is -0.405. The topological polar surface area (TPSA) is 83.1 Å². The van der Waals surface area contributed by atoms with Crippen molar-refractivity contribution >= 4 is 39.9 Å². The molecule has 2 N–H and O–H groups in total. The molecule has 0 spiro atoms. The first kappa shape index (κ1) is 18.4. The summed E-state index contributed by atoms with van der Waals surface area (Å²) in [7, 11) is 3.67. The molecule has 7 nitrogen and oxygen atoms in total. The zero-order chi connectivity index (χ0) is 19.0. The Bertz CT molecular complexity index is 985. The number of H-pyrrole nitrogens is 1. The molecular weight excluding hydrogens is 386 g/mol. The molecule has 9 heteroatoms. The van der Waals surface area contributed by atoms with Gasteiger partial charge in [0.2, 0.25) is 0 Å². The molecule has 0 saturated carbocycles. The molecule has 1 amide bonds. The average molecular weight is 406 g/mol. The maximum atomic E-state index is 12.8. The Balaban J connectivity index is 1.56. The Morgan fingerprint density at radius 2 is 2.33 bits per heavy atom. The number of halogens is 1. The highest BCUT2D eigenvalue weighted by atomic mass is 35.5. The van der Waals surface area contributed by atoms with Gasteiger partial charge >= 0.3 is 0 Å². The zero-order valence-corrected chi connectivity index (χ0v) is 16.7. The van der Waals surface area contributed by atoms with Crippen LogP contribution in [0.5, 0.6) is 0 Å². The van der Waals surface area contributed by atoms with Crippen LogP contribution < -0.4 is 5.32 Å². The molecule has 0 unspecified atom stereocenters. The summed E-state index contributed by atoms with van der Waals surface area (Å²) >= 11 is 7.50. The molecular formula is C18H20ClN5O2S. The molecule has 0 bridgehead atoms. The summed E-state index contributed by atoms with van der Waals surface area (Å²) in [5, 5.41) is 4.10. The van der Waals surface area contributed by atoms with E-state index in [-0.39, 0.29) is 5.91 Å². The molecule has 0 radical (unpaired) electrons. The Kier molecular flexibility index (Phi) is 5.14. The van der Waals surface area contributed by atoms with Crippen LogP contribution in [0.4, 0.5) is 0 Å². The van der Waals surface area contributed by atoms with E-state index >= 15 is 0 Å². The van der Waals surface area contributed by atoms with Crippen LogP contribution in [-0.2, 0) is 17.7 Å². The largest absolute Gasteiger partial charge is 0.382 e. The molecule has 3 heterocycles. The van der Waals surface area contributed by atoms with Crippen molar-refractivity contribution < 1.29 is 9.53 Å². The van der Waals surface area contributed by atoms with E-state index in [4.69, 9.17) is 16.3 Å². The number of benzene rings is 1. The number of nitrogens with one attached hydrogen (secondary N) is 2. The van der Waals surface area contributed by atoms with Crippen molar-refractivity contribution in [2.75, 3.05) is 27.3 Å². The van der Waals surface area contributed by atoms with Crippen molar-refractivity contribution in [3.63, 3.8) is 0 Å². The van der Waals surface area contributed by atoms with Gasteiger partial charge in [-0.3, -0.25) is 4.79 Å². The summed E-state index contributed by atoms with van der Waals surface area (Å²) in [6.45, 7) is 2.10. The number of hydrogen-bond acceptors (Lipinski definition) is 6. The third kappa shape index (κ3) is 3.84. The second-order valence-electron chi connectivity index (χ2n) is 6.64. The zero-order valence-electron chi connectivity index (χ0n) is 15.1. The van der Waals surface area contributed by atoms with Crippen LogP contribution >= 0.6 is 22.9 Å². The van der Waals surface area contributed by atoms with E-state index in [0.717, 1.165) is 41.1 Å². The number of thiazole rings is 1. The van der Waals surface area contributed by atoms with Gasteiger partial charge in [-0.2, -0.15) is 0 Å². The van der Waals surface area contributed by atoms with E-state index in [2.05, 4.69) is 32.2 Å². The number of ether oxygens (including phenoxy) is 1. The predicted molar refractivity (Wildman–Crippen MR) is 105 cm³/mol. The number of imidazole rings is 1. The lowest BCUT2D eigenvalue weighted by Crippen LogP contribution is -2.32. The first-order valence-electron chi connectivity index (χ1n) is 8.65. The number of nitrogens with zero attached hydrogens (tertiary/aromatic N) is 3. The predicted octanol–water partition coefficient (Wildman–Crippen LogP) is 2.78. The van der Waals surface area contributed by atoms with Crippen molar-refractivity contribution in [3.05, 3.63) is 44.6 Å². The van der Waals surface area contributed by atoms with E-state index < -0.39 is 6.04 Å². The molecule has 1 aliphatic rings. The van der Waals surface area contributed by atoms with Crippen molar-refractivity contribution in [2.24, 2.45) is 0 Å². The molecule has 1 atom stereocenters. The van der Waals surface area contributed by atoms with Gasteiger partial charge in [-0.15, -0.1) is 11.3 Å². The molecule has 142 valence electrons. The lowest BCUT2D eigenvalue weighted by Gasteiger charge is -2.20. The van der Waals surface area contributed by atoms with Gasteiger partial charge in [0.25, 0.3) is 5.91 Å². The molecule has 3 aromatic rings. The van der Waals surface area contributed by atoms with Crippen LogP contribution in [0.2, 0.25) is 5.02 Å². The number of carbonyl (C=O) groups is 1. The third-order valence-electron chi connectivity index (χ3n) is 4.55. The first-order valence-corrected chi connectivity index (χ1v) is 9.85. The fraction of sp³-hybridized carbons (Fsp3) is 0.389. The molecule has 1 aliphatic heterocycles. The monoisotopic (exact) mass is 405 g/mol. The van der Waals surface area contributed by atoms with Crippen LogP contribution in [0.15, 0.2) is 18.2 Å². The van der Waals surface area contributed by atoms with Crippen LogP contribution in [0.3, 0.4) is 0 Å². The van der Waals surface area contributed by atoms with Crippen molar-refractivity contribution in [1.29, 1.82) is 0 Å². The Hall–Kier alpha value is -2.00. The normalized spacial score (nSPS) is 15.7. The molecule has 1 aromatic carbocycles. The van der Waals surface area contributed by atoms with Gasteiger partial charge in [0, 0.05) is 36.5 Å². The van der Waals surface area contributed by atoms with E-state index in [1.165, 1.54) is 11.3 Å². The SMILES string of the molecule is COC[C@H](NC(=O)c1nc2c(s1)CN(C)CC2)c1nc2ccc(Cl)cc2[nH]1. The second kappa shape index (κ2) is 7.55. The maximum Gasteiger partial charge on any atom is 0.280 e. The van der Waals surface area contributed by atoms with Crippen LogP contribution in [-0.4, -0.2) is 53.1 Å². The smallest absolute Gasteiger partial charge is 0.280 e. The van der Waals surface area contributed by atoms with Crippen LogP contribution in [0.25, 0.3) is 11.0 Å². The lowest BCUT2D eigenvalue weighted by atomic mass is 10.2. The fourth-order valence-electron chi connectivity index (χ4n) is 3.16. The molecule has 2 aromatic heterocycles. The van der Waals surface area contributed by atoms with Crippen molar-refractivity contribution in [1.82, 2.24) is 25.2 Å². The number of methoxy groups -OCH3 is 1. The molecule has 0 saturated heterocycles. The molecule has 4 rings (SSSR count). The Labute approximate surface area is 165 Å². The van der Waals surface area contributed by atoms with Crippen LogP contribution in [0.1, 0.15) is 32.2 Å². The van der Waals surface area contributed by atoms with Gasteiger partial charge in [0.15, 0.2) is 5.01 Å². The summed E-state index contributed by atoms with van der Waals surface area (Å²) in [6, 6.07) is 5.03. The van der Waals surface area contributed by atoms with Gasteiger partial charge in [0.05, 0.1) is 23.3 Å². The fourth-order valence-corrected chi connectivity index (χ4v) is 4.43. The minimum absolute atomic E-state index is 0.211. The van der Waals surface area contributed by atoms with Crippen molar-refractivity contribution in [3.8, 4) is 0 Å². The summed E-state index contributed by atoms with van der Waals surface area (Å²) in [4.78, 5) is 28.5. The Morgan fingerprint density at radius 3 is 3.15 bits per heavy atom. The van der Waals surface area contributed by atoms with E-state index in [1.54, 1.807) is 13.2 Å². The molecule has 0 aliphatic carbocycles. The average Bonchev–Trinajstić information content (AvgIpc) is 3.24. The Morgan fingerprint density at radius 1 is 1.48 bits per heavy atom. The highest BCUT2D eigenvalue weighted by Gasteiger charge is 2.24. The number of carbonyl (C=O) groups excluding carboxylic acids is 1. The lowest BCUT2D eigenvalue weighted by molar-refractivity contribution is 0.0892. The number of hydrogen-bond donors (Lipinski definition) is 2. The summed E-state index contributed by atoms with van der Waals surface area (Å²) in [5.74, 6) is 0.418. The molecule has 27 heavy (non-hydrogen) atoms. The summed E-state index contributed by atoms with van der Waals surface area (Å²) in [6.07, 6.45) is 0.876. The standard InChI is InChI=1S/C18H20ClN5O2S/c1-24-6-5-12-15(8-24)27-18(23-12)17(25)22-14(9-26-2)16-20-11-4-3-10(19)7-13(11)21-16/h3-4,7,14H,5-6,8-9H2,1-2H3,(H,20,21)(H,22,25)/t14-/m0/s1. The highest BCUT2D eigenvalue weighted by molar-refractivity contribution is 7.13.